The molecule has 5 nitrogen and oxygen atoms in total. The van der Waals surface area contributed by atoms with Crippen LogP contribution in [0.25, 0.3) is 0 Å². The van der Waals surface area contributed by atoms with Gasteiger partial charge in [-0.2, -0.15) is 5.10 Å². The molecule has 1 aliphatic carbocycles. The van der Waals surface area contributed by atoms with Crippen molar-refractivity contribution in [3.8, 4) is 0 Å². The Labute approximate surface area is 103 Å². The van der Waals surface area contributed by atoms with Crippen LogP contribution in [0.3, 0.4) is 0 Å². The van der Waals surface area contributed by atoms with Crippen molar-refractivity contribution in [2.45, 2.75) is 44.6 Å². The van der Waals surface area contributed by atoms with Gasteiger partial charge in [0.2, 0.25) is 0 Å². The molecule has 1 aromatic heterocycles. The van der Waals surface area contributed by atoms with E-state index in [1.807, 2.05) is 13.2 Å². The van der Waals surface area contributed by atoms with Crippen molar-refractivity contribution in [2.24, 2.45) is 18.8 Å². The summed E-state index contributed by atoms with van der Waals surface area (Å²) in [5, 5.41) is 4.17. The first kappa shape index (κ1) is 12.4. The normalized spacial score (nSPS) is 19.4. The maximum atomic E-state index is 5.99. The number of hydrazine groups is 1. The number of rotatable bonds is 4. The zero-order valence-corrected chi connectivity index (χ0v) is 10.5. The molecule has 0 aliphatic heterocycles. The third-order valence-electron chi connectivity index (χ3n) is 3.88. The highest BCUT2D eigenvalue weighted by Crippen LogP contribution is 2.32. The third kappa shape index (κ3) is 2.79. The van der Waals surface area contributed by atoms with Crippen LogP contribution >= 0.6 is 0 Å². The summed E-state index contributed by atoms with van der Waals surface area (Å²) in [4.78, 5) is 0. The molecule has 17 heavy (non-hydrogen) atoms. The van der Waals surface area contributed by atoms with Crippen LogP contribution in [0.15, 0.2) is 6.20 Å². The number of nitrogens with zero attached hydrogens (tertiary/aromatic N) is 2. The standard InChI is InChI=1S/C12H23N5/c1-17-12(13)10(8-15-17)11(16-14)7-9-5-3-2-4-6-9/h8-9,11,16H,2-7,13-14H2,1H3. The molecule has 1 heterocycles. The van der Waals surface area contributed by atoms with Crippen LogP contribution in [0.2, 0.25) is 0 Å². The van der Waals surface area contributed by atoms with E-state index in [0.717, 1.165) is 17.9 Å². The fourth-order valence-electron chi connectivity index (χ4n) is 2.77. The Morgan fingerprint density at radius 1 is 1.47 bits per heavy atom. The Balaban J connectivity index is 2.03. The minimum absolute atomic E-state index is 0.131. The minimum Gasteiger partial charge on any atom is -0.384 e. The number of nitrogens with one attached hydrogen (secondary N) is 1. The smallest absolute Gasteiger partial charge is 0.126 e. The highest BCUT2D eigenvalue weighted by Gasteiger charge is 2.22. The molecule has 0 bridgehead atoms. The first-order valence-corrected chi connectivity index (χ1v) is 6.46. The lowest BCUT2D eigenvalue weighted by Crippen LogP contribution is -2.30. The molecule has 1 unspecified atom stereocenters. The number of nitrogens with two attached hydrogens (primary N) is 2. The number of aromatic nitrogens is 2. The van der Waals surface area contributed by atoms with Crippen molar-refractivity contribution >= 4 is 5.82 Å². The molecule has 1 atom stereocenters. The van der Waals surface area contributed by atoms with E-state index >= 15 is 0 Å². The first-order chi connectivity index (χ1) is 8.22. The van der Waals surface area contributed by atoms with Gasteiger partial charge < -0.3 is 5.73 Å². The van der Waals surface area contributed by atoms with Gasteiger partial charge in [-0.15, -0.1) is 0 Å². The highest BCUT2D eigenvalue weighted by atomic mass is 15.3. The van der Waals surface area contributed by atoms with E-state index in [-0.39, 0.29) is 6.04 Å². The van der Waals surface area contributed by atoms with E-state index in [9.17, 15) is 0 Å². The molecular formula is C12H23N5. The van der Waals surface area contributed by atoms with Crippen LogP contribution < -0.4 is 17.0 Å². The topological polar surface area (TPSA) is 81.9 Å². The molecule has 5 N–H and O–H groups in total. The Morgan fingerprint density at radius 3 is 2.71 bits per heavy atom. The number of nitrogen functional groups attached to an aromatic ring is 1. The molecule has 1 fully saturated rings. The molecule has 1 aromatic rings. The Bertz CT molecular complexity index is 354. The van der Waals surface area contributed by atoms with Crippen LogP contribution in [0.5, 0.6) is 0 Å². The second-order valence-electron chi connectivity index (χ2n) is 5.07. The zero-order chi connectivity index (χ0) is 12.3. The Kier molecular flexibility index (Phi) is 4.02. The summed E-state index contributed by atoms with van der Waals surface area (Å²) < 4.78 is 1.69. The molecular weight excluding hydrogens is 214 g/mol. The SMILES string of the molecule is Cn1ncc(C(CC2CCCCC2)NN)c1N. The molecule has 0 spiro atoms. The van der Waals surface area contributed by atoms with Crippen LogP contribution in [-0.2, 0) is 7.05 Å². The van der Waals surface area contributed by atoms with Crippen molar-refractivity contribution in [3.05, 3.63) is 11.8 Å². The largest absolute Gasteiger partial charge is 0.384 e. The maximum absolute atomic E-state index is 5.99. The van der Waals surface area contributed by atoms with Gasteiger partial charge in [0, 0.05) is 12.6 Å². The van der Waals surface area contributed by atoms with Crippen LogP contribution in [0.4, 0.5) is 5.82 Å². The van der Waals surface area contributed by atoms with Gasteiger partial charge >= 0.3 is 0 Å². The molecule has 5 heteroatoms. The Hall–Kier alpha value is -1.07. The van der Waals surface area contributed by atoms with Crippen molar-refractivity contribution in [1.29, 1.82) is 0 Å². The van der Waals surface area contributed by atoms with Crippen LogP contribution in [0.1, 0.15) is 50.1 Å². The number of hydrogen-bond donors (Lipinski definition) is 3. The average molecular weight is 237 g/mol. The lowest BCUT2D eigenvalue weighted by molar-refractivity contribution is 0.301. The van der Waals surface area contributed by atoms with Gasteiger partial charge in [0.05, 0.1) is 12.2 Å². The molecule has 2 rings (SSSR count). The van der Waals surface area contributed by atoms with E-state index in [2.05, 4.69) is 10.5 Å². The molecule has 1 saturated carbocycles. The molecule has 1 aliphatic rings. The van der Waals surface area contributed by atoms with Crippen molar-refractivity contribution in [1.82, 2.24) is 15.2 Å². The first-order valence-electron chi connectivity index (χ1n) is 6.46. The summed E-state index contributed by atoms with van der Waals surface area (Å²) in [6.07, 6.45) is 9.60. The van der Waals surface area contributed by atoms with Gasteiger partial charge in [0.25, 0.3) is 0 Å². The molecule has 96 valence electrons. The van der Waals surface area contributed by atoms with E-state index < -0.39 is 0 Å². The number of hydrogen-bond acceptors (Lipinski definition) is 4. The van der Waals surface area contributed by atoms with Crippen molar-refractivity contribution in [2.75, 3.05) is 5.73 Å². The van der Waals surface area contributed by atoms with Crippen LogP contribution in [0, 0.1) is 5.92 Å². The predicted octanol–water partition coefficient (Wildman–Crippen LogP) is 1.48. The fraction of sp³-hybridized carbons (Fsp3) is 0.750. The minimum atomic E-state index is 0.131. The van der Waals surface area contributed by atoms with Gasteiger partial charge in [0.15, 0.2) is 0 Å². The van der Waals surface area contributed by atoms with E-state index in [1.165, 1.54) is 32.1 Å². The van der Waals surface area contributed by atoms with Gasteiger partial charge in [0.1, 0.15) is 5.82 Å². The maximum Gasteiger partial charge on any atom is 0.126 e. The summed E-state index contributed by atoms with van der Waals surface area (Å²) in [6, 6.07) is 0.131. The van der Waals surface area contributed by atoms with Gasteiger partial charge in [-0.1, -0.05) is 32.1 Å². The van der Waals surface area contributed by atoms with E-state index in [4.69, 9.17) is 11.6 Å². The highest BCUT2D eigenvalue weighted by molar-refractivity contribution is 5.40. The third-order valence-corrected chi connectivity index (χ3v) is 3.88. The molecule has 0 aromatic carbocycles. The number of anilines is 1. The zero-order valence-electron chi connectivity index (χ0n) is 10.5. The fourth-order valence-corrected chi connectivity index (χ4v) is 2.77. The van der Waals surface area contributed by atoms with Crippen molar-refractivity contribution in [3.63, 3.8) is 0 Å². The summed E-state index contributed by atoms with van der Waals surface area (Å²) in [7, 11) is 1.85. The summed E-state index contributed by atoms with van der Waals surface area (Å²) in [5.74, 6) is 7.14. The average Bonchev–Trinajstić information content (AvgIpc) is 2.69. The summed E-state index contributed by atoms with van der Waals surface area (Å²) >= 11 is 0. The monoisotopic (exact) mass is 237 g/mol. The number of aryl methyl sites for hydroxylation is 1. The summed E-state index contributed by atoms with van der Waals surface area (Å²) in [6.45, 7) is 0. The van der Waals surface area contributed by atoms with Gasteiger partial charge in [-0.05, 0) is 12.3 Å². The Morgan fingerprint density at radius 2 is 2.18 bits per heavy atom. The lowest BCUT2D eigenvalue weighted by Gasteiger charge is -2.26. The van der Waals surface area contributed by atoms with Crippen molar-refractivity contribution < 1.29 is 0 Å². The molecule has 0 saturated heterocycles. The quantitative estimate of drug-likeness (QED) is 0.547. The predicted molar refractivity (Wildman–Crippen MR) is 68.9 cm³/mol. The second-order valence-corrected chi connectivity index (χ2v) is 5.07. The van der Waals surface area contributed by atoms with Gasteiger partial charge in [-0.25, -0.2) is 0 Å². The molecule has 0 radical (unpaired) electrons. The second kappa shape index (κ2) is 5.51. The molecule has 0 amide bonds. The summed E-state index contributed by atoms with van der Waals surface area (Å²) in [5.41, 5.74) is 9.90. The van der Waals surface area contributed by atoms with Gasteiger partial charge in [-0.3, -0.25) is 16.0 Å². The van der Waals surface area contributed by atoms with E-state index in [1.54, 1.807) is 4.68 Å². The lowest BCUT2D eigenvalue weighted by atomic mass is 9.84. The van der Waals surface area contributed by atoms with Crippen LogP contribution in [-0.4, -0.2) is 9.78 Å². The van der Waals surface area contributed by atoms with E-state index in [0.29, 0.717) is 5.82 Å².